The van der Waals surface area contributed by atoms with Crippen LogP contribution >= 0.6 is 0 Å². The Labute approximate surface area is 120 Å². The van der Waals surface area contributed by atoms with Gasteiger partial charge in [-0.05, 0) is 13.8 Å². The van der Waals surface area contributed by atoms with Crippen LogP contribution in [-0.2, 0) is 9.53 Å². The Morgan fingerprint density at radius 3 is 2.55 bits per heavy atom. The van der Waals surface area contributed by atoms with Gasteiger partial charge in [-0.1, -0.05) is 0 Å². The maximum atomic E-state index is 11.2. The van der Waals surface area contributed by atoms with Crippen molar-refractivity contribution in [3.8, 4) is 0 Å². The molecule has 0 radical (unpaired) electrons. The number of ether oxygens (including phenoxy) is 1. The molecule has 0 saturated carbocycles. The van der Waals surface area contributed by atoms with E-state index in [9.17, 15) is 4.79 Å². The number of hydrogen-bond donors (Lipinski definition) is 3. The van der Waals surface area contributed by atoms with Crippen LogP contribution in [-0.4, -0.2) is 69.8 Å². The molecule has 1 saturated heterocycles. The minimum Gasteiger partial charge on any atom is -0.379 e. The first-order valence-electron chi connectivity index (χ1n) is 7.00. The monoisotopic (exact) mass is 285 g/mol. The van der Waals surface area contributed by atoms with Gasteiger partial charge in [-0.15, -0.1) is 0 Å². The predicted molar refractivity (Wildman–Crippen MR) is 79.6 cm³/mol. The van der Waals surface area contributed by atoms with Crippen molar-refractivity contribution in [2.45, 2.75) is 13.8 Å². The summed E-state index contributed by atoms with van der Waals surface area (Å²) in [4.78, 5) is 17.7. The molecule has 0 aromatic carbocycles. The van der Waals surface area contributed by atoms with E-state index < -0.39 is 5.41 Å². The lowest BCUT2D eigenvalue weighted by Gasteiger charge is -2.27. The van der Waals surface area contributed by atoms with Crippen molar-refractivity contribution >= 4 is 11.9 Å². The van der Waals surface area contributed by atoms with Gasteiger partial charge in [-0.2, -0.15) is 0 Å². The molecule has 0 atom stereocenters. The third-order valence-corrected chi connectivity index (χ3v) is 3.41. The SMILES string of the molecule is CN=C(NCCN1CCOCC1)NCC(C)(C)C(N)=O. The van der Waals surface area contributed by atoms with Crippen molar-refractivity contribution < 1.29 is 9.53 Å². The fourth-order valence-corrected chi connectivity index (χ4v) is 1.77. The number of carbonyl (C=O) groups is 1. The van der Waals surface area contributed by atoms with Crippen molar-refractivity contribution in [1.82, 2.24) is 15.5 Å². The molecule has 116 valence electrons. The van der Waals surface area contributed by atoms with Crippen molar-refractivity contribution in [3.63, 3.8) is 0 Å². The summed E-state index contributed by atoms with van der Waals surface area (Å²) < 4.78 is 5.30. The summed E-state index contributed by atoms with van der Waals surface area (Å²) in [5.74, 6) is 0.362. The van der Waals surface area contributed by atoms with Crippen LogP contribution in [0.5, 0.6) is 0 Å². The summed E-state index contributed by atoms with van der Waals surface area (Å²) in [6.07, 6.45) is 0. The van der Waals surface area contributed by atoms with E-state index in [-0.39, 0.29) is 5.91 Å². The zero-order chi connectivity index (χ0) is 15.0. The van der Waals surface area contributed by atoms with Gasteiger partial charge in [-0.25, -0.2) is 0 Å². The second-order valence-electron chi connectivity index (χ2n) is 5.55. The lowest BCUT2D eigenvalue weighted by Crippen LogP contribution is -2.48. The fraction of sp³-hybridized carbons (Fsp3) is 0.846. The van der Waals surface area contributed by atoms with Crippen LogP contribution in [0, 0.1) is 5.41 Å². The molecule has 7 heteroatoms. The molecule has 1 amide bonds. The molecular weight excluding hydrogens is 258 g/mol. The van der Waals surface area contributed by atoms with Gasteiger partial charge in [0.2, 0.25) is 5.91 Å². The van der Waals surface area contributed by atoms with Crippen LogP contribution in [0.25, 0.3) is 0 Å². The highest BCUT2D eigenvalue weighted by molar-refractivity contribution is 5.83. The van der Waals surface area contributed by atoms with Crippen LogP contribution in [0.1, 0.15) is 13.8 Å². The number of amides is 1. The predicted octanol–water partition coefficient (Wildman–Crippen LogP) is -1.00. The largest absolute Gasteiger partial charge is 0.379 e. The highest BCUT2D eigenvalue weighted by Crippen LogP contribution is 2.11. The molecule has 7 nitrogen and oxygen atoms in total. The van der Waals surface area contributed by atoms with Crippen molar-refractivity contribution in [2.24, 2.45) is 16.1 Å². The molecule has 1 heterocycles. The lowest BCUT2D eigenvalue weighted by atomic mass is 9.93. The van der Waals surface area contributed by atoms with Crippen LogP contribution in [0.3, 0.4) is 0 Å². The summed E-state index contributed by atoms with van der Waals surface area (Å²) in [6, 6.07) is 0. The molecule has 1 aliphatic rings. The summed E-state index contributed by atoms with van der Waals surface area (Å²) in [7, 11) is 1.71. The van der Waals surface area contributed by atoms with E-state index in [0.29, 0.717) is 12.5 Å². The van der Waals surface area contributed by atoms with Crippen LogP contribution in [0.4, 0.5) is 0 Å². The molecular formula is C13H27N5O2. The van der Waals surface area contributed by atoms with E-state index in [1.165, 1.54) is 0 Å². The number of nitrogens with one attached hydrogen (secondary N) is 2. The molecule has 1 fully saturated rings. The summed E-state index contributed by atoms with van der Waals surface area (Å²) >= 11 is 0. The molecule has 1 rings (SSSR count). The number of morpholine rings is 1. The van der Waals surface area contributed by atoms with Crippen molar-refractivity contribution in [2.75, 3.05) is 53.0 Å². The minimum atomic E-state index is -0.595. The number of guanidine groups is 1. The Morgan fingerprint density at radius 1 is 1.35 bits per heavy atom. The molecule has 4 N–H and O–H groups in total. The molecule has 0 unspecified atom stereocenters. The van der Waals surface area contributed by atoms with E-state index in [1.54, 1.807) is 7.05 Å². The van der Waals surface area contributed by atoms with Gasteiger partial charge in [-0.3, -0.25) is 14.7 Å². The topological polar surface area (TPSA) is 92.0 Å². The number of carbonyl (C=O) groups excluding carboxylic acids is 1. The Hall–Kier alpha value is -1.34. The van der Waals surface area contributed by atoms with Crippen LogP contribution in [0.2, 0.25) is 0 Å². The molecule has 1 aliphatic heterocycles. The molecule has 0 aromatic rings. The van der Waals surface area contributed by atoms with E-state index >= 15 is 0 Å². The van der Waals surface area contributed by atoms with Gasteiger partial charge >= 0.3 is 0 Å². The Morgan fingerprint density at radius 2 is 2.00 bits per heavy atom. The highest BCUT2D eigenvalue weighted by atomic mass is 16.5. The number of primary amides is 1. The molecule has 0 spiro atoms. The standard InChI is InChI=1S/C13H27N5O2/c1-13(2,11(14)19)10-17-12(15-3)16-4-5-18-6-8-20-9-7-18/h4-10H2,1-3H3,(H2,14,19)(H2,15,16,17). The highest BCUT2D eigenvalue weighted by Gasteiger charge is 2.24. The first-order valence-corrected chi connectivity index (χ1v) is 7.00. The zero-order valence-electron chi connectivity index (χ0n) is 12.7. The molecule has 0 bridgehead atoms. The Bertz CT molecular complexity index is 338. The van der Waals surface area contributed by atoms with Crippen molar-refractivity contribution in [1.29, 1.82) is 0 Å². The second-order valence-corrected chi connectivity index (χ2v) is 5.55. The second kappa shape index (κ2) is 8.06. The normalized spacial score (nSPS) is 17.9. The third-order valence-electron chi connectivity index (χ3n) is 3.41. The number of nitrogens with two attached hydrogens (primary N) is 1. The minimum absolute atomic E-state index is 0.325. The van der Waals surface area contributed by atoms with Gasteiger partial charge in [0.15, 0.2) is 5.96 Å². The first kappa shape index (κ1) is 16.7. The quantitative estimate of drug-likeness (QED) is 0.430. The van der Waals surface area contributed by atoms with Crippen molar-refractivity contribution in [3.05, 3.63) is 0 Å². The average molecular weight is 285 g/mol. The summed E-state index contributed by atoms with van der Waals surface area (Å²) in [6.45, 7) is 9.39. The molecule has 0 aliphatic carbocycles. The lowest BCUT2D eigenvalue weighted by molar-refractivity contribution is -0.125. The molecule has 20 heavy (non-hydrogen) atoms. The van der Waals surface area contributed by atoms with Gasteiger partial charge < -0.3 is 21.1 Å². The summed E-state index contributed by atoms with van der Waals surface area (Å²) in [5.41, 5.74) is 4.74. The first-order chi connectivity index (χ1) is 9.45. The van der Waals surface area contributed by atoms with E-state index in [0.717, 1.165) is 39.4 Å². The number of hydrogen-bond acceptors (Lipinski definition) is 4. The average Bonchev–Trinajstić information content (AvgIpc) is 2.43. The number of aliphatic imine (C=N–C) groups is 1. The van der Waals surface area contributed by atoms with E-state index in [4.69, 9.17) is 10.5 Å². The molecule has 0 aromatic heterocycles. The van der Waals surface area contributed by atoms with Gasteiger partial charge in [0.05, 0.1) is 18.6 Å². The summed E-state index contributed by atoms with van der Waals surface area (Å²) in [5, 5.41) is 6.36. The Balaban J connectivity index is 2.24. The number of rotatable bonds is 6. The van der Waals surface area contributed by atoms with E-state index in [1.807, 2.05) is 13.8 Å². The van der Waals surface area contributed by atoms with Gasteiger partial charge in [0, 0.05) is 39.8 Å². The van der Waals surface area contributed by atoms with Crippen LogP contribution in [0.15, 0.2) is 4.99 Å². The smallest absolute Gasteiger partial charge is 0.224 e. The van der Waals surface area contributed by atoms with Gasteiger partial charge in [0.1, 0.15) is 0 Å². The van der Waals surface area contributed by atoms with Gasteiger partial charge in [0.25, 0.3) is 0 Å². The van der Waals surface area contributed by atoms with Crippen LogP contribution < -0.4 is 16.4 Å². The third kappa shape index (κ3) is 5.75. The van der Waals surface area contributed by atoms with E-state index in [2.05, 4.69) is 20.5 Å². The maximum Gasteiger partial charge on any atom is 0.224 e. The fourth-order valence-electron chi connectivity index (χ4n) is 1.77. The maximum absolute atomic E-state index is 11.2. The zero-order valence-corrected chi connectivity index (χ0v) is 12.7. The Kier molecular flexibility index (Phi) is 6.74. The number of nitrogens with zero attached hydrogens (tertiary/aromatic N) is 2.